The SMILES string of the molecule is CCC(Oc1ccc2ccccc2c1Br)C(=O)N/N=C/c1ccc(OC(=O)c2ccc(OC)cc2)c(OC)c1. The van der Waals surface area contributed by atoms with Crippen molar-refractivity contribution in [1.29, 1.82) is 0 Å². The minimum Gasteiger partial charge on any atom is -0.497 e. The number of ether oxygens (including phenoxy) is 4. The third-order valence-corrected chi connectivity index (χ3v) is 6.68. The van der Waals surface area contributed by atoms with Crippen molar-refractivity contribution in [3.8, 4) is 23.0 Å². The third-order valence-electron chi connectivity index (χ3n) is 5.86. The highest BCUT2D eigenvalue weighted by Crippen LogP contribution is 2.34. The lowest BCUT2D eigenvalue weighted by atomic mass is 10.1. The second-order valence-electron chi connectivity index (χ2n) is 8.38. The Balaban J connectivity index is 1.39. The summed E-state index contributed by atoms with van der Waals surface area (Å²) in [7, 11) is 3.02. The van der Waals surface area contributed by atoms with Crippen LogP contribution in [0.4, 0.5) is 0 Å². The fourth-order valence-electron chi connectivity index (χ4n) is 3.76. The van der Waals surface area contributed by atoms with Gasteiger partial charge in [-0.15, -0.1) is 0 Å². The van der Waals surface area contributed by atoms with Crippen molar-refractivity contribution in [2.75, 3.05) is 14.2 Å². The number of hydrogen-bond acceptors (Lipinski definition) is 7. The van der Waals surface area contributed by atoms with E-state index in [4.69, 9.17) is 18.9 Å². The maximum atomic E-state index is 12.8. The first kappa shape index (κ1) is 27.7. The van der Waals surface area contributed by atoms with Gasteiger partial charge in [0.1, 0.15) is 11.5 Å². The number of benzene rings is 4. The molecule has 0 heterocycles. The van der Waals surface area contributed by atoms with Crippen LogP contribution in [0.25, 0.3) is 10.8 Å². The summed E-state index contributed by atoms with van der Waals surface area (Å²) in [6.45, 7) is 1.86. The topological polar surface area (TPSA) is 95.5 Å². The molecular weight excluding hydrogens is 564 g/mol. The third kappa shape index (κ3) is 6.74. The maximum absolute atomic E-state index is 12.8. The average molecular weight is 591 g/mol. The molecule has 0 aliphatic rings. The highest BCUT2D eigenvalue weighted by molar-refractivity contribution is 9.10. The molecule has 4 aromatic carbocycles. The number of carbonyl (C=O) groups excluding carboxylic acids is 2. The van der Waals surface area contributed by atoms with Crippen molar-refractivity contribution < 1.29 is 28.5 Å². The van der Waals surface area contributed by atoms with Crippen LogP contribution in [0.2, 0.25) is 0 Å². The Morgan fingerprint density at radius 2 is 1.67 bits per heavy atom. The first-order valence-corrected chi connectivity index (χ1v) is 12.9. The van der Waals surface area contributed by atoms with E-state index < -0.39 is 12.1 Å². The quantitative estimate of drug-likeness (QED) is 0.103. The summed E-state index contributed by atoms with van der Waals surface area (Å²) < 4.78 is 22.8. The number of fused-ring (bicyclic) bond motifs is 1. The lowest BCUT2D eigenvalue weighted by molar-refractivity contribution is -0.128. The van der Waals surface area contributed by atoms with Gasteiger partial charge in [0.25, 0.3) is 5.91 Å². The van der Waals surface area contributed by atoms with Gasteiger partial charge in [0.2, 0.25) is 0 Å². The largest absolute Gasteiger partial charge is 0.497 e. The van der Waals surface area contributed by atoms with Crippen molar-refractivity contribution in [1.82, 2.24) is 5.43 Å². The molecule has 4 aromatic rings. The number of nitrogens with zero attached hydrogens (tertiary/aromatic N) is 1. The molecule has 0 radical (unpaired) electrons. The number of rotatable bonds is 10. The van der Waals surface area contributed by atoms with E-state index in [1.165, 1.54) is 13.3 Å². The van der Waals surface area contributed by atoms with Crippen LogP contribution in [-0.4, -0.2) is 38.4 Å². The number of amides is 1. The number of carbonyl (C=O) groups is 2. The van der Waals surface area contributed by atoms with E-state index in [0.29, 0.717) is 34.8 Å². The summed E-state index contributed by atoms with van der Waals surface area (Å²) in [5.74, 6) is 0.879. The number of nitrogens with one attached hydrogen (secondary N) is 1. The smallest absolute Gasteiger partial charge is 0.343 e. The van der Waals surface area contributed by atoms with Crippen molar-refractivity contribution in [3.05, 3.63) is 94.5 Å². The molecule has 9 heteroatoms. The molecule has 1 N–H and O–H groups in total. The molecule has 0 fully saturated rings. The minimum absolute atomic E-state index is 0.250. The fourth-order valence-corrected chi connectivity index (χ4v) is 4.34. The number of methoxy groups -OCH3 is 2. The monoisotopic (exact) mass is 590 g/mol. The molecule has 200 valence electrons. The number of esters is 1. The van der Waals surface area contributed by atoms with Gasteiger partial charge in [-0.05, 0) is 87.2 Å². The molecule has 0 aromatic heterocycles. The van der Waals surface area contributed by atoms with E-state index in [0.717, 1.165) is 15.2 Å². The lowest BCUT2D eigenvalue weighted by Gasteiger charge is -2.17. The minimum atomic E-state index is -0.742. The van der Waals surface area contributed by atoms with Gasteiger partial charge in [0.15, 0.2) is 17.6 Å². The van der Waals surface area contributed by atoms with Gasteiger partial charge in [-0.2, -0.15) is 5.10 Å². The molecule has 4 rings (SSSR count). The van der Waals surface area contributed by atoms with E-state index in [2.05, 4.69) is 26.5 Å². The van der Waals surface area contributed by atoms with Crippen molar-refractivity contribution in [2.45, 2.75) is 19.4 Å². The predicted octanol–water partition coefficient (Wildman–Crippen LogP) is 6.15. The van der Waals surface area contributed by atoms with Gasteiger partial charge >= 0.3 is 5.97 Å². The summed E-state index contributed by atoms with van der Waals surface area (Å²) in [6.07, 6.45) is 1.17. The zero-order valence-electron chi connectivity index (χ0n) is 21.6. The summed E-state index contributed by atoms with van der Waals surface area (Å²) in [4.78, 5) is 25.3. The Morgan fingerprint density at radius 3 is 2.38 bits per heavy atom. The fraction of sp³-hybridized carbons (Fsp3) is 0.167. The normalized spacial score (nSPS) is 11.7. The number of hydrazone groups is 1. The predicted molar refractivity (Wildman–Crippen MR) is 153 cm³/mol. The second-order valence-corrected chi connectivity index (χ2v) is 9.17. The van der Waals surface area contributed by atoms with E-state index >= 15 is 0 Å². The van der Waals surface area contributed by atoms with Gasteiger partial charge in [0, 0.05) is 0 Å². The Hall–Kier alpha value is -4.37. The van der Waals surface area contributed by atoms with Crippen LogP contribution < -0.4 is 24.4 Å². The Morgan fingerprint density at radius 1 is 0.923 bits per heavy atom. The second kappa shape index (κ2) is 12.9. The summed E-state index contributed by atoms with van der Waals surface area (Å²) >= 11 is 3.59. The zero-order chi connectivity index (χ0) is 27.8. The highest BCUT2D eigenvalue weighted by atomic mass is 79.9. The Bertz CT molecular complexity index is 1500. The van der Waals surface area contributed by atoms with Crippen molar-refractivity contribution in [2.24, 2.45) is 5.10 Å². The zero-order valence-corrected chi connectivity index (χ0v) is 23.2. The van der Waals surface area contributed by atoms with Gasteiger partial charge < -0.3 is 18.9 Å². The van der Waals surface area contributed by atoms with Crippen molar-refractivity contribution >= 4 is 44.8 Å². The van der Waals surface area contributed by atoms with E-state index in [1.807, 2.05) is 43.3 Å². The maximum Gasteiger partial charge on any atom is 0.343 e. The lowest BCUT2D eigenvalue weighted by Crippen LogP contribution is -2.35. The van der Waals surface area contributed by atoms with Gasteiger partial charge in [-0.25, -0.2) is 10.2 Å². The Kier molecular flexibility index (Phi) is 9.17. The Labute approximate surface area is 234 Å². The van der Waals surface area contributed by atoms with Crippen LogP contribution in [0.3, 0.4) is 0 Å². The standard InChI is InChI=1S/C30H27BrN2O6/c1-4-24(38-26-16-12-20-7-5-6-8-23(20)28(26)31)29(34)33-32-18-19-9-15-25(27(17-19)37-3)39-30(35)21-10-13-22(36-2)14-11-21/h5-18,24H,4H2,1-3H3,(H,33,34)/b32-18+. The first-order chi connectivity index (χ1) is 18.9. The van der Waals surface area contributed by atoms with E-state index in [9.17, 15) is 9.59 Å². The van der Waals surface area contributed by atoms with Gasteiger partial charge in [-0.1, -0.05) is 37.3 Å². The summed E-state index contributed by atoms with van der Waals surface area (Å²) in [5, 5.41) is 6.12. The van der Waals surface area contributed by atoms with Crippen LogP contribution in [0.5, 0.6) is 23.0 Å². The average Bonchev–Trinajstić information content (AvgIpc) is 2.97. The van der Waals surface area contributed by atoms with Crippen LogP contribution in [-0.2, 0) is 4.79 Å². The van der Waals surface area contributed by atoms with Gasteiger partial charge in [-0.3, -0.25) is 4.79 Å². The molecule has 1 atom stereocenters. The number of halogens is 1. The number of hydrogen-bond donors (Lipinski definition) is 1. The van der Waals surface area contributed by atoms with E-state index in [-0.39, 0.29) is 11.7 Å². The van der Waals surface area contributed by atoms with Crippen molar-refractivity contribution in [3.63, 3.8) is 0 Å². The molecule has 1 unspecified atom stereocenters. The summed E-state index contributed by atoms with van der Waals surface area (Å²) in [5.41, 5.74) is 3.53. The summed E-state index contributed by atoms with van der Waals surface area (Å²) in [6, 6.07) is 23.2. The van der Waals surface area contributed by atoms with Crippen LogP contribution in [0.15, 0.2) is 88.4 Å². The molecule has 39 heavy (non-hydrogen) atoms. The highest BCUT2D eigenvalue weighted by Gasteiger charge is 2.20. The molecule has 0 spiro atoms. The molecule has 1 amide bonds. The van der Waals surface area contributed by atoms with Gasteiger partial charge in [0.05, 0.1) is 30.5 Å². The molecule has 0 saturated heterocycles. The van der Waals surface area contributed by atoms with Crippen LogP contribution in [0.1, 0.15) is 29.3 Å². The van der Waals surface area contributed by atoms with E-state index in [1.54, 1.807) is 49.6 Å². The van der Waals surface area contributed by atoms with Crippen LogP contribution in [0, 0.1) is 0 Å². The molecule has 0 aliphatic heterocycles. The molecule has 0 aliphatic carbocycles. The molecular formula is C30H27BrN2O6. The van der Waals surface area contributed by atoms with Crippen LogP contribution >= 0.6 is 15.9 Å². The first-order valence-electron chi connectivity index (χ1n) is 12.1. The molecule has 0 saturated carbocycles. The molecule has 8 nitrogen and oxygen atoms in total. The molecule has 0 bridgehead atoms.